The topological polar surface area (TPSA) is 9.23 Å². The Morgan fingerprint density at radius 3 is 2.29 bits per heavy atom. The molecule has 0 bridgehead atoms. The molecule has 0 saturated heterocycles. The van der Waals surface area contributed by atoms with Gasteiger partial charge in [0.15, 0.2) is 0 Å². The van der Waals surface area contributed by atoms with Crippen molar-refractivity contribution in [2.45, 2.75) is 52.6 Å². The van der Waals surface area contributed by atoms with Gasteiger partial charge in [-0.25, -0.2) is 0 Å². The standard InChI is InChI=1S/C16H26O/c1-5-12-17-16(3,4)15(6-2)13-14-10-8-7-9-11-14/h7-11,15H,5-6,12-13H2,1-4H3/t15-/m0/s1. The monoisotopic (exact) mass is 234 g/mol. The molecular formula is C16H26O. The van der Waals surface area contributed by atoms with Gasteiger partial charge in [-0.15, -0.1) is 0 Å². The molecule has 0 N–H and O–H groups in total. The molecule has 1 aromatic rings. The molecule has 17 heavy (non-hydrogen) atoms. The molecule has 0 aromatic heterocycles. The maximum atomic E-state index is 6.00. The molecule has 1 heteroatoms. The second-order valence-electron chi connectivity index (χ2n) is 5.25. The molecule has 0 saturated carbocycles. The molecule has 1 nitrogen and oxygen atoms in total. The highest BCUT2D eigenvalue weighted by atomic mass is 16.5. The van der Waals surface area contributed by atoms with Crippen LogP contribution in [0.5, 0.6) is 0 Å². The van der Waals surface area contributed by atoms with Crippen LogP contribution >= 0.6 is 0 Å². The molecule has 0 unspecified atom stereocenters. The largest absolute Gasteiger partial charge is 0.375 e. The van der Waals surface area contributed by atoms with Gasteiger partial charge < -0.3 is 4.74 Å². The lowest BCUT2D eigenvalue weighted by molar-refractivity contribution is -0.0610. The lowest BCUT2D eigenvalue weighted by Crippen LogP contribution is -2.35. The normalized spacial score (nSPS) is 13.6. The summed E-state index contributed by atoms with van der Waals surface area (Å²) >= 11 is 0. The van der Waals surface area contributed by atoms with E-state index >= 15 is 0 Å². The Balaban J connectivity index is 2.64. The maximum Gasteiger partial charge on any atom is 0.0657 e. The first-order chi connectivity index (χ1) is 8.10. The SMILES string of the molecule is CCCOC(C)(C)[C@@H](CC)Cc1ccccc1. The Morgan fingerprint density at radius 1 is 1.12 bits per heavy atom. The summed E-state index contributed by atoms with van der Waals surface area (Å²) < 4.78 is 6.00. The molecule has 0 amide bonds. The number of hydrogen-bond acceptors (Lipinski definition) is 1. The summed E-state index contributed by atoms with van der Waals surface area (Å²) in [6.07, 6.45) is 3.35. The van der Waals surface area contributed by atoms with Crippen molar-refractivity contribution in [3.05, 3.63) is 35.9 Å². The smallest absolute Gasteiger partial charge is 0.0657 e. The fraction of sp³-hybridized carbons (Fsp3) is 0.625. The number of rotatable bonds is 7. The lowest BCUT2D eigenvalue weighted by Gasteiger charge is -2.34. The summed E-state index contributed by atoms with van der Waals surface area (Å²) in [7, 11) is 0. The van der Waals surface area contributed by atoms with Crippen LogP contribution in [-0.4, -0.2) is 12.2 Å². The van der Waals surface area contributed by atoms with Gasteiger partial charge in [0.1, 0.15) is 0 Å². The highest BCUT2D eigenvalue weighted by Crippen LogP contribution is 2.28. The Hall–Kier alpha value is -0.820. The van der Waals surface area contributed by atoms with E-state index in [0.29, 0.717) is 5.92 Å². The van der Waals surface area contributed by atoms with Crippen LogP contribution in [0.4, 0.5) is 0 Å². The summed E-state index contributed by atoms with van der Waals surface area (Å²) in [6, 6.07) is 10.7. The minimum absolute atomic E-state index is 0.0272. The zero-order valence-electron chi connectivity index (χ0n) is 11.7. The third-order valence-electron chi connectivity index (χ3n) is 3.48. The van der Waals surface area contributed by atoms with E-state index in [1.165, 1.54) is 5.56 Å². The Bertz CT molecular complexity index is 303. The predicted molar refractivity (Wildman–Crippen MR) is 74.2 cm³/mol. The third-order valence-corrected chi connectivity index (χ3v) is 3.48. The summed E-state index contributed by atoms with van der Waals surface area (Å²) in [4.78, 5) is 0. The highest BCUT2D eigenvalue weighted by Gasteiger charge is 2.28. The van der Waals surface area contributed by atoms with Gasteiger partial charge >= 0.3 is 0 Å². The minimum atomic E-state index is -0.0272. The molecule has 0 radical (unpaired) electrons. The van der Waals surface area contributed by atoms with Crippen molar-refractivity contribution >= 4 is 0 Å². The molecule has 1 rings (SSSR count). The van der Waals surface area contributed by atoms with Crippen molar-refractivity contribution in [2.24, 2.45) is 5.92 Å². The van der Waals surface area contributed by atoms with Crippen LogP contribution in [0.15, 0.2) is 30.3 Å². The van der Waals surface area contributed by atoms with Crippen molar-refractivity contribution in [1.82, 2.24) is 0 Å². The van der Waals surface area contributed by atoms with Gasteiger partial charge in [0, 0.05) is 6.61 Å². The minimum Gasteiger partial charge on any atom is -0.375 e. The first-order valence-corrected chi connectivity index (χ1v) is 6.78. The maximum absolute atomic E-state index is 6.00. The fourth-order valence-corrected chi connectivity index (χ4v) is 2.26. The molecule has 0 aliphatic rings. The van der Waals surface area contributed by atoms with Crippen LogP contribution < -0.4 is 0 Å². The van der Waals surface area contributed by atoms with Crippen LogP contribution in [0.25, 0.3) is 0 Å². The molecule has 96 valence electrons. The summed E-state index contributed by atoms with van der Waals surface area (Å²) in [5, 5.41) is 0. The zero-order chi connectivity index (χ0) is 12.7. The van der Waals surface area contributed by atoms with Crippen molar-refractivity contribution in [1.29, 1.82) is 0 Å². The third kappa shape index (κ3) is 4.51. The lowest BCUT2D eigenvalue weighted by atomic mass is 9.83. The molecule has 0 aliphatic heterocycles. The van der Waals surface area contributed by atoms with E-state index in [4.69, 9.17) is 4.74 Å². The molecule has 0 heterocycles. The average Bonchev–Trinajstić information content (AvgIpc) is 2.34. The quantitative estimate of drug-likeness (QED) is 0.677. The van der Waals surface area contributed by atoms with Crippen molar-refractivity contribution < 1.29 is 4.74 Å². The number of benzene rings is 1. The van der Waals surface area contributed by atoms with E-state index in [1.807, 2.05) is 0 Å². The van der Waals surface area contributed by atoms with E-state index in [9.17, 15) is 0 Å². The molecule has 0 spiro atoms. The van der Waals surface area contributed by atoms with Crippen LogP contribution in [0.1, 0.15) is 46.1 Å². The summed E-state index contributed by atoms with van der Waals surface area (Å²) in [5.41, 5.74) is 1.38. The van der Waals surface area contributed by atoms with Gasteiger partial charge in [-0.2, -0.15) is 0 Å². The Morgan fingerprint density at radius 2 is 1.76 bits per heavy atom. The van der Waals surface area contributed by atoms with Crippen LogP contribution in [0, 0.1) is 5.92 Å². The van der Waals surface area contributed by atoms with Gasteiger partial charge in [0.2, 0.25) is 0 Å². The van der Waals surface area contributed by atoms with Gasteiger partial charge in [-0.1, -0.05) is 50.6 Å². The second-order valence-corrected chi connectivity index (χ2v) is 5.25. The van der Waals surface area contributed by atoms with E-state index in [2.05, 4.69) is 58.0 Å². The predicted octanol–water partition coefficient (Wildman–Crippen LogP) is 4.46. The number of ether oxygens (including phenoxy) is 1. The summed E-state index contributed by atoms with van der Waals surface area (Å²) in [6.45, 7) is 9.72. The van der Waals surface area contributed by atoms with Gasteiger partial charge in [-0.05, 0) is 38.2 Å². The zero-order valence-corrected chi connectivity index (χ0v) is 11.7. The van der Waals surface area contributed by atoms with Crippen molar-refractivity contribution in [3.8, 4) is 0 Å². The van der Waals surface area contributed by atoms with E-state index in [0.717, 1.165) is 25.9 Å². The van der Waals surface area contributed by atoms with E-state index < -0.39 is 0 Å². The van der Waals surface area contributed by atoms with E-state index in [-0.39, 0.29) is 5.60 Å². The summed E-state index contributed by atoms with van der Waals surface area (Å²) in [5.74, 6) is 0.580. The van der Waals surface area contributed by atoms with Crippen LogP contribution in [0.2, 0.25) is 0 Å². The first kappa shape index (κ1) is 14.2. The molecule has 1 aromatic carbocycles. The first-order valence-electron chi connectivity index (χ1n) is 6.78. The average molecular weight is 234 g/mol. The van der Waals surface area contributed by atoms with E-state index in [1.54, 1.807) is 0 Å². The number of hydrogen-bond donors (Lipinski definition) is 0. The van der Waals surface area contributed by atoms with Crippen LogP contribution in [-0.2, 0) is 11.2 Å². The fourth-order valence-electron chi connectivity index (χ4n) is 2.26. The van der Waals surface area contributed by atoms with Gasteiger partial charge in [0.05, 0.1) is 5.60 Å². The molecule has 0 fully saturated rings. The Labute approximate surface area is 106 Å². The van der Waals surface area contributed by atoms with Gasteiger partial charge in [0.25, 0.3) is 0 Å². The Kier molecular flexibility index (Phi) is 5.70. The van der Waals surface area contributed by atoms with Crippen LogP contribution in [0.3, 0.4) is 0 Å². The van der Waals surface area contributed by atoms with Crippen molar-refractivity contribution in [2.75, 3.05) is 6.61 Å². The molecule has 1 atom stereocenters. The van der Waals surface area contributed by atoms with Gasteiger partial charge in [-0.3, -0.25) is 0 Å². The second kappa shape index (κ2) is 6.80. The highest BCUT2D eigenvalue weighted by molar-refractivity contribution is 5.15. The molecular weight excluding hydrogens is 208 g/mol. The molecule has 0 aliphatic carbocycles. The van der Waals surface area contributed by atoms with Crippen molar-refractivity contribution in [3.63, 3.8) is 0 Å².